The minimum absolute atomic E-state index is 0.216. The molecule has 2 aliphatic heterocycles. The highest BCUT2D eigenvalue weighted by Crippen LogP contribution is 2.81. The van der Waals surface area contributed by atoms with Gasteiger partial charge < -0.3 is 23.3 Å². The standard InChI is InChI=1S/C20H26Cl2N3O5P3/c21-32-23-31(19-7-3-1-4-8-19,20-9-5-2-6-10-20)24-33(22,25-32)30-18-16-28-14-12-26-11-13-27-15-17-29-32/h1-10H,11-18H2. The van der Waals surface area contributed by atoms with Crippen molar-refractivity contribution in [2.45, 2.75) is 0 Å². The summed E-state index contributed by atoms with van der Waals surface area (Å²) in [5, 5.41) is 1.82. The summed E-state index contributed by atoms with van der Waals surface area (Å²) in [6.45, 7) is -3.49. The lowest BCUT2D eigenvalue weighted by molar-refractivity contribution is 0.00576. The molecular formula is C20H26Cl2N3O5P3. The van der Waals surface area contributed by atoms with Crippen LogP contribution in [-0.2, 0) is 23.3 Å². The van der Waals surface area contributed by atoms with Crippen LogP contribution in [0, 0.1) is 0 Å². The number of ether oxygens (including phenoxy) is 3. The van der Waals surface area contributed by atoms with Crippen LogP contribution in [0.3, 0.4) is 0 Å². The van der Waals surface area contributed by atoms with Gasteiger partial charge in [0.15, 0.2) is 0 Å². The van der Waals surface area contributed by atoms with Gasteiger partial charge in [0.25, 0.3) is 13.6 Å². The van der Waals surface area contributed by atoms with E-state index in [1.807, 2.05) is 60.7 Å². The molecule has 2 heterocycles. The molecule has 180 valence electrons. The van der Waals surface area contributed by atoms with Crippen molar-refractivity contribution >= 4 is 53.9 Å². The number of hydrogen-bond donors (Lipinski definition) is 0. The zero-order valence-electron chi connectivity index (χ0n) is 17.9. The largest absolute Gasteiger partial charge is 0.377 e. The minimum atomic E-state index is -3.21. The summed E-state index contributed by atoms with van der Waals surface area (Å²) in [6, 6.07) is 19.6. The second-order valence-electron chi connectivity index (χ2n) is 6.99. The first-order valence-corrected chi connectivity index (χ1v) is 17.2. The third kappa shape index (κ3) is 6.80. The SMILES string of the molecule is ClP12=NP(Cl)(=NP(c3ccccc3)(c3ccccc3)=N1)OCCOCCOCCOCCO2. The topological polar surface area (TPSA) is 83.2 Å². The molecule has 0 saturated heterocycles. The van der Waals surface area contributed by atoms with Gasteiger partial charge in [0.1, 0.15) is 7.21 Å². The van der Waals surface area contributed by atoms with E-state index in [0.29, 0.717) is 39.6 Å². The van der Waals surface area contributed by atoms with Crippen LogP contribution < -0.4 is 10.6 Å². The maximum Gasteiger partial charge on any atom is 0.299 e. The van der Waals surface area contributed by atoms with Crippen LogP contribution in [0.4, 0.5) is 0 Å². The van der Waals surface area contributed by atoms with Crippen LogP contribution in [0.5, 0.6) is 0 Å². The van der Waals surface area contributed by atoms with Crippen LogP contribution in [0.2, 0.25) is 0 Å². The average molecular weight is 552 g/mol. The summed E-state index contributed by atoms with van der Waals surface area (Å²) in [4.78, 5) is 0. The molecule has 2 aliphatic rings. The monoisotopic (exact) mass is 551 g/mol. The predicted molar refractivity (Wildman–Crippen MR) is 136 cm³/mol. The van der Waals surface area contributed by atoms with Crippen molar-refractivity contribution in [1.82, 2.24) is 0 Å². The molecule has 0 spiro atoms. The molecule has 2 bridgehead atoms. The Hall–Kier alpha value is -0.490. The molecule has 2 aromatic rings. The second kappa shape index (κ2) is 12.0. The van der Waals surface area contributed by atoms with Gasteiger partial charge in [-0.15, -0.1) is 0 Å². The first kappa shape index (κ1) is 25.6. The smallest absolute Gasteiger partial charge is 0.299 e. The van der Waals surface area contributed by atoms with Gasteiger partial charge in [-0.25, -0.2) is 0 Å². The Bertz CT molecular complexity index is 1030. The Morgan fingerprint density at radius 1 is 0.515 bits per heavy atom. The van der Waals surface area contributed by atoms with Crippen molar-refractivity contribution < 1.29 is 23.3 Å². The molecule has 8 nitrogen and oxygen atoms in total. The molecule has 4 rings (SSSR count). The maximum absolute atomic E-state index is 6.98. The molecule has 13 heteroatoms. The van der Waals surface area contributed by atoms with Gasteiger partial charge in [-0.3, -0.25) is 0 Å². The Morgan fingerprint density at radius 3 is 1.36 bits per heavy atom. The minimum Gasteiger partial charge on any atom is -0.377 e. The van der Waals surface area contributed by atoms with E-state index in [1.165, 1.54) is 0 Å². The normalized spacial score (nSPS) is 29.2. The number of hydrogen-bond acceptors (Lipinski definition) is 8. The zero-order chi connectivity index (χ0) is 23.0. The molecule has 2 unspecified atom stereocenters. The van der Waals surface area contributed by atoms with Crippen molar-refractivity contribution in [2.75, 3.05) is 52.9 Å². The number of halogens is 2. The van der Waals surface area contributed by atoms with E-state index in [-0.39, 0.29) is 13.2 Å². The number of nitrogens with zero attached hydrogens (tertiary/aromatic N) is 3. The van der Waals surface area contributed by atoms with Gasteiger partial charge in [0, 0.05) is 10.6 Å². The van der Waals surface area contributed by atoms with Crippen LogP contribution in [0.25, 0.3) is 0 Å². The number of fused-ring (bicyclic) bond motifs is 1. The maximum atomic E-state index is 6.98. The number of benzene rings is 2. The lowest BCUT2D eigenvalue weighted by atomic mass is 10.4. The predicted octanol–water partition coefficient (Wildman–Crippen LogP) is 6.23. The van der Waals surface area contributed by atoms with E-state index in [2.05, 4.69) is 4.52 Å². The summed E-state index contributed by atoms with van der Waals surface area (Å²) in [5.41, 5.74) is 0. The summed E-state index contributed by atoms with van der Waals surface area (Å²) in [7, 11) is -2.80. The van der Waals surface area contributed by atoms with E-state index in [9.17, 15) is 0 Å². The molecule has 33 heavy (non-hydrogen) atoms. The van der Waals surface area contributed by atoms with Gasteiger partial charge in [0.2, 0.25) is 0 Å². The fourth-order valence-corrected chi connectivity index (χ4v) is 16.9. The fraction of sp³-hybridized carbons (Fsp3) is 0.400. The fourth-order valence-electron chi connectivity index (χ4n) is 3.21. The molecule has 0 amide bonds. The van der Waals surface area contributed by atoms with Crippen LogP contribution in [0.15, 0.2) is 74.2 Å². The lowest BCUT2D eigenvalue weighted by Gasteiger charge is -2.31. The Balaban J connectivity index is 1.83. The van der Waals surface area contributed by atoms with Gasteiger partial charge in [-0.2, -0.15) is 13.5 Å². The van der Waals surface area contributed by atoms with Crippen molar-refractivity contribution in [3.8, 4) is 0 Å². The molecule has 2 atom stereocenters. The molecule has 0 aromatic heterocycles. The van der Waals surface area contributed by atoms with Crippen LogP contribution in [0.1, 0.15) is 0 Å². The van der Waals surface area contributed by atoms with Crippen LogP contribution >= 0.6 is 43.3 Å². The van der Waals surface area contributed by atoms with Crippen molar-refractivity contribution in [2.24, 2.45) is 13.5 Å². The van der Waals surface area contributed by atoms with Gasteiger partial charge >= 0.3 is 0 Å². The highest BCUT2D eigenvalue weighted by Gasteiger charge is 2.39. The summed E-state index contributed by atoms with van der Waals surface area (Å²) in [6.07, 6.45) is 0. The molecule has 0 saturated carbocycles. The Morgan fingerprint density at radius 2 is 0.909 bits per heavy atom. The highest BCUT2D eigenvalue weighted by molar-refractivity contribution is 8.03. The highest BCUT2D eigenvalue weighted by atomic mass is 35.7. The zero-order valence-corrected chi connectivity index (χ0v) is 22.1. The van der Waals surface area contributed by atoms with E-state index >= 15 is 0 Å². The Labute approximate surface area is 203 Å². The molecule has 0 aliphatic carbocycles. The quantitative estimate of drug-likeness (QED) is 0.413. The molecule has 2 aromatic carbocycles. The Kier molecular flexibility index (Phi) is 9.28. The summed E-state index contributed by atoms with van der Waals surface area (Å²) >= 11 is 14.0. The van der Waals surface area contributed by atoms with Gasteiger partial charge in [-0.05, 0) is 22.5 Å². The van der Waals surface area contributed by atoms with Crippen molar-refractivity contribution in [3.05, 3.63) is 60.7 Å². The lowest BCUT2D eigenvalue weighted by Crippen LogP contribution is -2.16. The average Bonchev–Trinajstić information content (AvgIpc) is 2.82. The molecule has 0 N–H and O–H groups in total. The second-order valence-corrected chi connectivity index (χ2v) is 16.4. The van der Waals surface area contributed by atoms with E-state index in [4.69, 9.17) is 54.8 Å². The van der Waals surface area contributed by atoms with Gasteiger partial charge in [0.05, 0.1) is 52.9 Å². The van der Waals surface area contributed by atoms with Crippen molar-refractivity contribution in [3.63, 3.8) is 0 Å². The molecule has 0 radical (unpaired) electrons. The summed E-state index contributed by atoms with van der Waals surface area (Å²) in [5.74, 6) is 0. The molecular weight excluding hydrogens is 526 g/mol. The third-order valence-electron chi connectivity index (χ3n) is 4.64. The van der Waals surface area contributed by atoms with Crippen molar-refractivity contribution in [1.29, 1.82) is 0 Å². The third-order valence-corrected chi connectivity index (χ3v) is 16.3. The first-order valence-electron chi connectivity index (χ1n) is 10.5. The number of rotatable bonds is 2. The van der Waals surface area contributed by atoms with E-state index < -0.39 is 20.8 Å². The van der Waals surface area contributed by atoms with Crippen LogP contribution in [-0.4, -0.2) is 52.9 Å². The van der Waals surface area contributed by atoms with E-state index in [0.717, 1.165) is 10.6 Å². The van der Waals surface area contributed by atoms with Gasteiger partial charge in [-0.1, -0.05) is 60.7 Å². The van der Waals surface area contributed by atoms with E-state index in [1.54, 1.807) is 0 Å². The molecule has 0 fully saturated rings. The summed E-state index contributed by atoms with van der Waals surface area (Å²) < 4.78 is 43.4. The first-order chi connectivity index (χ1) is 16.0.